The molecule has 0 atom stereocenters. The fourth-order valence-electron chi connectivity index (χ4n) is 4.72. The molecule has 4 aromatic rings. The lowest BCUT2D eigenvalue weighted by atomic mass is 9.88. The lowest BCUT2D eigenvalue weighted by Gasteiger charge is -2.33. The van der Waals surface area contributed by atoms with Crippen LogP contribution >= 0.6 is 11.3 Å². The molecule has 1 fully saturated rings. The highest BCUT2D eigenvalue weighted by Gasteiger charge is 2.31. The van der Waals surface area contributed by atoms with E-state index < -0.39 is 11.7 Å². The third-order valence-corrected chi connectivity index (χ3v) is 7.74. The second-order valence-corrected chi connectivity index (χ2v) is 10.7. The van der Waals surface area contributed by atoms with Gasteiger partial charge < -0.3 is 4.90 Å². The number of hydrogen-bond donors (Lipinski definition) is 1. The number of alkyl halides is 3. The molecule has 0 aliphatic carbocycles. The van der Waals surface area contributed by atoms with E-state index in [1.807, 2.05) is 44.2 Å². The van der Waals surface area contributed by atoms with Gasteiger partial charge >= 0.3 is 6.18 Å². The van der Waals surface area contributed by atoms with E-state index in [4.69, 9.17) is 0 Å². The molecule has 1 N–H and O–H groups in total. The molecule has 1 amide bonds. The van der Waals surface area contributed by atoms with E-state index in [9.17, 15) is 18.0 Å². The summed E-state index contributed by atoms with van der Waals surface area (Å²) in [5.74, 6) is 0.539. The lowest BCUT2D eigenvalue weighted by Crippen LogP contribution is -2.33. The molecule has 38 heavy (non-hydrogen) atoms. The maximum Gasteiger partial charge on any atom is 0.416 e. The van der Waals surface area contributed by atoms with Gasteiger partial charge in [-0.25, -0.2) is 9.97 Å². The number of carbonyl (C=O) groups excluding carboxylic acids is 1. The molecule has 5 nitrogen and oxygen atoms in total. The van der Waals surface area contributed by atoms with Crippen molar-refractivity contribution in [1.82, 2.24) is 9.97 Å². The molecule has 3 heterocycles. The maximum absolute atomic E-state index is 13.1. The minimum atomic E-state index is -4.34. The van der Waals surface area contributed by atoms with Crippen molar-refractivity contribution in [2.75, 3.05) is 23.3 Å². The van der Waals surface area contributed by atoms with Crippen molar-refractivity contribution in [2.24, 2.45) is 0 Å². The number of anilines is 2. The Bertz CT molecular complexity index is 1420. The summed E-state index contributed by atoms with van der Waals surface area (Å²) in [6.07, 6.45) is -1.32. The average molecular weight is 537 g/mol. The molecule has 0 unspecified atom stereocenters. The van der Waals surface area contributed by atoms with Gasteiger partial charge in [-0.2, -0.15) is 13.2 Å². The molecule has 1 aliphatic heterocycles. The smallest absolute Gasteiger partial charge is 0.357 e. The molecular weight excluding hydrogens is 509 g/mol. The minimum Gasteiger partial charge on any atom is -0.357 e. The van der Waals surface area contributed by atoms with E-state index in [0.29, 0.717) is 23.8 Å². The fraction of sp³-hybridized carbons (Fsp3) is 0.276. The zero-order valence-electron chi connectivity index (χ0n) is 21.0. The van der Waals surface area contributed by atoms with E-state index in [2.05, 4.69) is 20.2 Å². The van der Waals surface area contributed by atoms with Gasteiger partial charge in [0.2, 0.25) is 0 Å². The average Bonchev–Trinajstić information content (AvgIpc) is 3.28. The predicted molar refractivity (Wildman–Crippen MR) is 145 cm³/mol. The van der Waals surface area contributed by atoms with E-state index in [1.54, 1.807) is 18.3 Å². The second-order valence-electron chi connectivity index (χ2n) is 9.53. The van der Waals surface area contributed by atoms with Crippen molar-refractivity contribution in [3.63, 3.8) is 0 Å². The van der Waals surface area contributed by atoms with Crippen molar-refractivity contribution in [2.45, 2.75) is 38.8 Å². The number of carbonyl (C=O) groups is 1. The minimum absolute atomic E-state index is 0.0742. The van der Waals surface area contributed by atoms with Crippen molar-refractivity contribution in [1.29, 1.82) is 0 Å². The second kappa shape index (κ2) is 10.6. The molecule has 5 rings (SSSR count). The number of amides is 1. The number of thiazole rings is 1. The third-order valence-electron chi connectivity index (χ3n) is 6.86. The van der Waals surface area contributed by atoms with E-state index in [-0.39, 0.29) is 11.8 Å². The Morgan fingerprint density at radius 2 is 1.76 bits per heavy atom. The van der Waals surface area contributed by atoms with Gasteiger partial charge in [-0.15, -0.1) is 11.3 Å². The summed E-state index contributed by atoms with van der Waals surface area (Å²) in [6.45, 7) is 5.37. The number of halogens is 3. The molecule has 0 saturated carbocycles. The molecule has 0 radical (unpaired) electrons. The van der Waals surface area contributed by atoms with Gasteiger partial charge in [-0.1, -0.05) is 48.0 Å². The Labute approximate surface area is 223 Å². The topological polar surface area (TPSA) is 58.1 Å². The monoisotopic (exact) mass is 536 g/mol. The summed E-state index contributed by atoms with van der Waals surface area (Å²) in [5, 5.41) is 3.40. The first-order valence-corrected chi connectivity index (χ1v) is 13.2. The molecular formula is C29H27F3N4OS. The molecule has 2 aromatic carbocycles. The van der Waals surface area contributed by atoms with Gasteiger partial charge in [-0.3, -0.25) is 10.1 Å². The summed E-state index contributed by atoms with van der Waals surface area (Å²) < 4.78 is 39.3. The Morgan fingerprint density at radius 1 is 1.03 bits per heavy atom. The van der Waals surface area contributed by atoms with Crippen LogP contribution in [0.2, 0.25) is 0 Å². The van der Waals surface area contributed by atoms with Crippen molar-refractivity contribution >= 4 is 28.2 Å². The van der Waals surface area contributed by atoms with E-state index in [1.165, 1.54) is 29.0 Å². The van der Waals surface area contributed by atoms with Crippen molar-refractivity contribution < 1.29 is 18.0 Å². The van der Waals surface area contributed by atoms with Crippen LogP contribution in [0.25, 0.3) is 11.3 Å². The highest BCUT2D eigenvalue weighted by Crippen LogP contribution is 2.35. The van der Waals surface area contributed by atoms with Crippen LogP contribution in [0.1, 0.15) is 50.7 Å². The van der Waals surface area contributed by atoms with Crippen LogP contribution in [0.4, 0.5) is 24.1 Å². The summed E-state index contributed by atoms with van der Waals surface area (Å²) in [4.78, 5) is 25.0. The van der Waals surface area contributed by atoms with E-state index >= 15 is 0 Å². The van der Waals surface area contributed by atoms with Gasteiger partial charge in [0.25, 0.3) is 5.91 Å². The van der Waals surface area contributed by atoms with Crippen LogP contribution in [-0.2, 0) is 6.18 Å². The van der Waals surface area contributed by atoms with Gasteiger partial charge in [0.1, 0.15) is 5.82 Å². The van der Waals surface area contributed by atoms with Crippen LogP contribution in [0.5, 0.6) is 0 Å². The van der Waals surface area contributed by atoms with Crippen LogP contribution in [0.3, 0.4) is 0 Å². The summed E-state index contributed by atoms with van der Waals surface area (Å²) in [5.41, 5.74) is 3.58. The molecule has 1 saturated heterocycles. The first kappa shape index (κ1) is 25.9. The molecule has 0 spiro atoms. The number of pyridine rings is 1. The number of aryl methyl sites for hydroxylation is 2. The van der Waals surface area contributed by atoms with E-state index in [0.717, 1.165) is 46.4 Å². The summed E-state index contributed by atoms with van der Waals surface area (Å²) >= 11 is 1.43. The van der Waals surface area contributed by atoms with Crippen molar-refractivity contribution in [3.05, 3.63) is 94.0 Å². The molecule has 196 valence electrons. The zero-order valence-corrected chi connectivity index (χ0v) is 21.9. The third kappa shape index (κ3) is 5.72. The zero-order chi connectivity index (χ0) is 26.9. The SMILES string of the molecule is Cc1ccc(-c2nc(NC(=O)c3ccc(N4CCC(c5cccc(C(F)(F)F)c5)CC4)nc3)sc2C)cc1. The van der Waals surface area contributed by atoms with Crippen LogP contribution in [0.15, 0.2) is 66.9 Å². The maximum atomic E-state index is 13.1. The highest BCUT2D eigenvalue weighted by atomic mass is 32.1. The highest BCUT2D eigenvalue weighted by molar-refractivity contribution is 7.16. The van der Waals surface area contributed by atoms with Gasteiger partial charge in [0.05, 0.1) is 16.8 Å². The number of hydrogen-bond acceptors (Lipinski definition) is 5. The Hall–Kier alpha value is -3.72. The Morgan fingerprint density at radius 3 is 2.42 bits per heavy atom. The summed E-state index contributed by atoms with van der Waals surface area (Å²) in [6, 6.07) is 17.3. The molecule has 1 aliphatic rings. The number of benzene rings is 2. The standard InChI is InChI=1S/C29H27F3N4OS/c1-18-6-8-21(9-7-18)26-19(2)38-28(34-26)35-27(37)23-10-11-25(33-17-23)36-14-12-20(13-15-36)22-4-3-5-24(16-22)29(30,31)32/h3-11,16-17,20H,12-15H2,1-2H3,(H,34,35,37). The van der Waals surface area contributed by atoms with Gasteiger partial charge in [0, 0.05) is 29.7 Å². The van der Waals surface area contributed by atoms with Crippen LogP contribution < -0.4 is 10.2 Å². The number of rotatable bonds is 5. The normalized spacial score (nSPS) is 14.5. The first-order valence-electron chi connectivity index (χ1n) is 12.4. The first-order chi connectivity index (χ1) is 18.2. The van der Waals surface area contributed by atoms with Gasteiger partial charge in [0.15, 0.2) is 5.13 Å². The van der Waals surface area contributed by atoms with Gasteiger partial charge in [-0.05, 0) is 56.4 Å². The summed E-state index contributed by atoms with van der Waals surface area (Å²) in [7, 11) is 0. The number of nitrogens with one attached hydrogen (secondary N) is 1. The quantitative estimate of drug-likeness (QED) is 0.287. The fourth-order valence-corrected chi connectivity index (χ4v) is 5.55. The number of aromatic nitrogens is 2. The molecule has 9 heteroatoms. The molecule has 0 bridgehead atoms. The largest absolute Gasteiger partial charge is 0.416 e. The van der Waals surface area contributed by atoms with Crippen LogP contribution in [0, 0.1) is 13.8 Å². The predicted octanol–water partition coefficient (Wildman–Crippen LogP) is 7.48. The number of nitrogens with zero attached hydrogens (tertiary/aromatic N) is 3. The molecule has 2 aromatic heterocycles. The lowest BCUT2D eigenvalue weighted by molar-refractivity contribution is -0.137. The Kier molecular flexibility index (Phi) is 7.21. The van der Waals surface area contributed by atoms with Crippen molar-refractivity contribution in [3.8, 4) is 11.3 Å². The van der Waals surface area contributed by atoms with Crippen LogP contribution in [-0.4, -0.2) is 29.0 Å². The Balaban J connectivity index is 1.19. The number of piperidine rings is 1.